The molecule has 0 radical (unpaired) electrons. The number of rotatable bonds is 9. The summed E-state index contributed by atoms with van der Waals surface area (Å²) < 4.78 is 31.6. The largest absolute Gasteiger partial charge is 0.484 e. The van der Waals surface area contributed by atoms with E-state index < -0.39 is 10.0 Å². The molecule has 1 N–H and O–H groups in total. The second kappa shape index (κ2) is 10.8. The Bertz CT molecular complexity index is 1180. The van der Waals surface area contributed by atoms with Gasteiger partial charge in [0.25, 0.3) is 5.91 Å². The number of benzene rings is 3. The maximum absolute atomic E-state index is 12.4. The Morgan fingerprint density at radius 1 is 1.03 bits per heavy atom. The fourth-order valence-electron chi connectivity index (χ4n) is 2.97. The molecule has 3 aromatic rings. The number of carbonyl (C=O) groups is 1. The molecule has 0 aliphatic carbocycles. The number of anilines is 2. The maximum atomic E-state index is 12.4. The number of ether oxygens (including phenoxy) is 1. The molecule has 0 spiro atoms. The number of thioether (sulfide) groups is 1. The van der Waals surface area contributed by atoms with Crippen molar-refractivity contribution in [1.29, 1.82) is 0 Å². The Hall–Kier alpha value is -2.68. The molecule has 0 bridgehead atoms. The lowest BCUT2D eigenvalue weighted by molar-refractivity contribution is -0.118. The summed E-state index contributed by atoms with van der Waals surface area (Å²) in [6.07, 6.45) is 3.08. The van der Waals surface area contributed by atoms with Crippen molar-refractivity contribution in [2.75, 3.05) is 28.7 Å². The van der Waals surface area contributed by atoms with Crippen LogP contribution in [0, 0.1) is 0 Å². The van der Waals surface area contributed by atoms with Crippen LogP contribution in [-0.2, 0) is 21.4 Å². The van der Waals surface area contributed by atoms with E-state index in [0.29, 0.717) is 22.0 Å². The van der Waals surface area contributed by atoms with Crippen LogP contribution in [0.5, 0.6) is 5.75 Å². The number of carbonyl (C=O) groups excluding carboxylic acids is 1. The van der Waals surface area contributed by atoms with Gasteiger partial charge in [-0.2, -0.15) is 0 Å². The smallest absolute Gasteiger partial charge is 0.262 e. The Kier molecular flexibility index (Phi) is 8.06. The van der Waals surface area contributed by atoms with E-state index in [9.17, 15) is 13.2 Å². The predicted octanol–water partition coefficient (Wildman–Crippen LogP) is 5.05. The van der Waals surface area contributed by atoms with Crippen molar-refractivity contribution in [3.8, 4) is 5.75 Å². The molecule has 0 aliphatic rings. The second-order valence-corrected chi connectivity index (χ2v) is 10.1. The van der Waals surface area contributed by atoms with Gasteiger partial charge in [-0.25, -0.2) is 8.42 Å². The Labute approximate surface area is 197 Å². The molecule has 3 rings (SSSR count). The third-order valence-electron chi connectivity index (χ3n) is 4.55. The van der Waals surface area contributed by atoms with Gasteiger partial charge >= 0.3 is 0 Å². The summed E-state index contributed by atoms with van der Waals surface area (Å²) in [5.41, 5.74) is 1.90. The first kappa shape index (κ1) is 24.0. The minimum absolute atomic E-state index is 0.107. The molecule has 0 heterocycles. The highest BCUT2D eigenvalue weighted by Crippen LogP contribution is 2.27. The number of hydrogen-bond acceptors (Lipinski definition) is 5. The van der Waals surface area contributed by atoms with E-state index in [1.165, 1.54) is 4.31 Å². The van der Waals surface area contributed by atoms with E-state index in [-0.39, 0.29) is 19.1 Å². The average Bonchev–Trinajstić information content (AvgIpc) is 2.77. The average molecular weight is 491 g/mol. The second-order valence-electron chi connectivity index (χ2n) is 6.89. The van der Waals surface area contributed by atoms with Crippen molar-refractivity contribution >= 4 is 50.7 Å². The summed E-state index contributed by atoms with van der Waals surface area (Å²) in [4.78, 5) is 13.2. The molecule has 0 saturated carbocycles. The summed E-state index contributed by atoms with van der Waals surface area (Å²) in [7, 11) is -3.54. The van der Waals surface area contributed by atoms with E-state index in [4.69, 9.17) is 16.3 Å². The van der Waals surface area contributed by atoms with Gasteiger partial charge in [0.05, 0.1) is 24.2 Å². The van der Waals surface area contributed by atoms with Crippen molar-refractivity contribution in [3.05, 3.63) is 83.4 Å². The van der Waals surface area contributed by atoms with Gasteiger partial charge < -0.3 is 10.1 Å². The van der Waals surface area contributed by atoms with E-state index in [2.05, 4.69) is 5.32 Å². The summed E-state index contributed by atoms with van der Waals surface area (Å²) in [6, 6.07) is 21.1. The first-order valence-corrected chi connectivity index (χ1v) is 13.1. The minimum Gasteiger partial charge on any atom is -0.484 e. The van der Waals surface area contributed by atoms with E-state index in [1.807, 2.05) is 30.5 Å². The standard InChI is InChI=1S/C23H23ClN2O4S2/c1-31-22-10-6-5-9-21(22)25-23(27)16-30-19-13-11-18(12-14-19)26(32(2,28)29)15-17-7-3-4-8-20(17)24/h3-14H,15-16H2,1-2H3,(H,25,27). The highest BCUT2D eigenvalue weighted by atomic mass is 35.5. The quantitative estimate of drug-likeness (QED) is 0.425. The van der Waals surface area contributed by atoms with E-state index in [1.54, 1.807) is 60.3 Å². The van der Waals surface area contributed by atoms with Crippen LogP contribution in [0.15, 0.2) is 77.7 Å². The van der Waals surface area contributed by atoms with Crippen LogP contribution in [0.1, 0.15) is 5.56 Å². The molecule has 0 aromatic heterocycles. The molecule has 9 heteroatoms. The topological polar surface area (TPSA) is 75.7 Å². The Morgan fingerprint density at radius 3 is 2.34 bits per heavy atom. The van der Waals surface area contributed by atoms with Crippen molar-refractivity contribution in [3.63, 3.8) is 0 Å². The van der Waals surface area contributed by atoms with Crippen LogP contribution in [0.25, 0.3) is 0 Å². The Morgan fingerprint density at radius 2 is 1.69 bits per heavy atom. The molecule has 0 fully saturated rings. The molecular formula is C23H23ClN2O4S2. The van der Waals surface area contributed by atoms with Crippen LogP contribution < -0.4 is 14.4 Å². The van der Waals surface area contributed by atoms with Crippen LogP contribution in [0.2, 0.25) is 5.02 Å². The molecule has 0 atom stereocenters. The van der Waals surface area contributed by atoms with Crippen molar-refractivity contribution < 1.29 is 17.9 Å². The molecule has 0 unspecified atom stereocenters. The number of para-hydroxylation sites is 1. The van der Waals surface area contributed by atoms with Crippen LogP contribution in [-0.4, -0.2) is 33.4 Å². The lowest BCUT2D eigenvalue weighted by atomic mass is 10.2. The summed E-state index contributed by atoms with van der Waals surface area (Å²) in [5, 5.41) is 3.32. The van der Waals surface area contributed by atoms with E-state index in [0.717, 1.165) is 16.8 Å². The molecule has 0 saturated heterocycles. The van der Waals surface area contributed by atoms with Crippen LogP contribution >= 0.6 is 23.4 Å². The van der Waals surface area contributed by atoms with Gasteiger partial charge in [-0.3, -0.25) is 9.10 Å². The van der Waals surface area contributed by atoms with Gasteiger partial charge in [-0.05, 0) is 54.3 Å². The number of amides is 1. The van der Waals surface area contributed by atoms with Gasteiger partial charge in [-0.15, -0.1) is 11.8 Å². The first-order chi connectivity index (χ1) is 15.3. The number of halogens is 1. The van der Waals surface area contributed by atoms with Crippen molar-refractivity contribution in [1.82, 2.24) is 0 Å². The van der Waals surface area contributed by atoms with Crippen molar-refractivity contribution in [2.24, 2.45) is 0 Å². The monoisotopic (exact) mass is 490 g/mol. The lowest BCUT2D eigenvalue weighted by Crippen LogP contribution is -2.29. The minimum atomic E-state index is -3.54. The number of nitrogens with zero attached hydrogens (tertiary/aromatic N) is 1. The SMILES string of the molecule is CSc1ccccc1NC(=O)COc1ccc(N(Cc2ccccc2Cl)S(C)(=O)=O)cc1. The van der Waals surface area contributed by atoms with E-state index >= 15 is 0 Å². The summed E-state index contributed by atoms with van der Waals surface area (Å²) in [6.45, 7) is -0.0621. The third kappa shape index (κ3) is 6.41. The fraction of sp³-hybridized carbons (Fsp3) is 0.174. The number of nitrogens with one attached hydrogen (secondary N) is 1. The molecule has 32 heavy (non-hydrogen) atoms. The molecule has 168 valence electrons. The van der Waals surface area contributed by atoms with Gasteiger partial charge in [0.1, 0.15) is 5.75 Å². The molecule has 0 aliphatic heterocycles. The van der Waals surface area contributed by atoms with Gasteiger partial charge in [-0.1, -0.05) is 41.9 Å². The molecule has 1 amide bonds. The van der Waals surface area contributed by atoms with Crippen LogP contribution in [0.3, 0.4) is 0 Å². The fourth-order valence-corrected chi connectivity index (χ4v) is 4.60. The van der Waals surface area contributed by atoms with Gasteiger partial charge in [0, 0.05) is 9.92 Å². The van der Waals surface area contributed by atoms with Gasteiger partial charge in [0.2, 0.25) is 10.0 Å². The zero-order valence-electron chi connectivity index (χ0n) is 17.6. The Balaban J connectivity index is 1.66. The molecule has 3 aromatic carbocycles. The summed E-state index contributed by atoms with van der Waals surface area (Å²) in [5.74, 6) is 0.167. The predicted molar refractivity (Wildman–Crippen MR) is 131 cm³/mol. The number of sulfonamides is 1. The first-order valence-electron chi connectivity index (χ1n) is 9.65. The maximum Gasteiger partial charge on any atom is 0.262 e. The highest BCUT2D eigenvalue weighted by Gasteiger charge is 2.19. The normalized spacial score (nSPS) is 11.1. The molecule has 6 nitrogen and oxygen atoms in total. The molecular weight excluding hydrogens is 468 g/mol. The summed E-state index contributed by atoms with van der Waals surface area (Å²) >= 11 is 7.74. The van der Waals surface area contributed by atoms with Crippen molar-refractivity contribution in [2.45, 2.75) is 11.4 Å². The number of hydrogen-bond donors (Lipinski definition) is 1. The third-order valence-corrected chi connectivity index (χ3v) is 6.85. The zero-order chi connectivity index (χ0) is 23.1. The van der Waals surface area contributed by atoms with Crippen LogP contribution in [0.4, 0.5) is 11.4 Å². The highest BCUT2D eigenvalue weighted by molar-refractivity contribution is 7.98. The zero-order valence-corrected chi connectivity index (χ0v) is 20.0. The lowest BCUT2D eigenvalue weighted by Gasteiger charge is -2.23. The van der Waals surface area contributed by atoms with Gasteiger partial charge in [0.15, 0.2) is 6.61 Å².